The van der Waals surface area contributed by atoms with Crippen LogP contribution in [0.1, 0.15) is 36.9 Å². The van der Waals surface area contributed by atoms with Gasteiger partial charge in [-0.25, -0.2) is 4.79 Å². The van der Waals surface area contributed by atoms with E-state index >= 15 is 0 Å². The monoisotopic (exact) mass is 498 g/mol. The van der Waals surface area contributed by atoms with E-state index in [4.69, 9.17) is 38.4 Å². The van der Waals surface area contributed by atoms with Gasteiger partial charge in [0.15, 0.2) is 6.61 Å². The summed E-state index contributed by atoms with van der Waals surface area (Å²) in [4.78, 5) is 37.9. The highest BCUT2D eigenvalue weighted by molar-refractivity contribution is 7.22. The smallest absolute Gasteiger partial charge is 0.350 e. The highest BCUT2D eigenvalue weighted by Crippen LogP contribution is 2.43. The molecule has 1 aliphatic rings. The van der Waals surface area contributed by atoms with Crippen LogP contribution in [-0.2, 0) is 22.4 Å². The molecule has 3 N–H and O–H groups in total. The number of hydrogen-bond acceptors (Lipinski definition) is 7. The van der Waals surface area contributed by atoms with Gasteiger partial charge >= 0.3 is 5.97 Å². The molecular formula is C20H16Cl2N2O5S2. The van der Waals surface area contributed by atoms with E-state index in [2.05, 4.69) is 5.32 Å². The van der Waals surface area contributed by atoms with Crippen LogP contribution >= 0.6 is 45.9 Å². The second-order valence-electron chi connectivity index (χ2n) is 6.75. The minimum absolute atomic E-state index is 0.132. The Kier molecular flexibility index (Phi) is 6.11. The van der Waals surface area contributed by atoms with E-state index in [1.165, 1.54) is 18.4 Å². The van der Waals surface area contributed by atoms with Crippen LogP contribution in [0.15, 0.2) is 12.1 Å². The van der Waals surface area contributed by atoms with Gasteiger partial charge < -0.3 is 20.5 Å². The third-order valence-corrected chi connectivity index (χ3v) is 8.26. The molecular weight excluding hydrogens is 483 g/mol. The number of nitrogens with one attached hydrogen (secondary N) is 1. The van der Waals surface area contributed by atoms with Crippen molar-refractivity contribution >= 4 is 78.7 Å². The SMILES string of the molecule is COc1ccc2c(Cl)c(C(=O)OCC(=O)Nc3sc4c(c3C(N)=O)CCC4)sc2c1Cl. The molecule has 2 amide bonds. The van der Waals surface area contributed by atoms with Gasteiger partial charge in [-0.2, -0.15) is 0 Å². The van der Waals surface area contributed by atoms with Gasteiger partial charge in [-0.15, -0.1) is 22.7 Å². The Hall–Kier alpha value is -2.33. The van der Waals surface area contributed by atoms with Crippen LogP contribution in [0.3, 0.4) is 0 Å². The molecule has 0 bridgehead atoms. The van der Waals surface area contributed by atoms with Gasteiger partial charge in [-0.05, 0) is 37.0 Å². The van der Waals surface area contributed by atoms with Gasteiger partial charge in [0.05, 0.1) is 22.4 Å². The zero-order valence-corrected chi connectivity index (χ0v) is 19.3. The molecule has 0 unspecified atom stereocenters. The number of halogens is 2. The average Bonchev–Trinajstić information content (AvgIpc) is 3.40. The van der Waals surface area contributed by atoms with Crippen molar-refractivity contribution in [1.82, 2.24) is 0 Å². The highest BCUT2D eigenvalue weighted by atomic mass is 35.5. The highest BCUT2D eigenvalue weighted by Gasteiger charge is 2.27. The Morgan fingerprint density at radius 1 is 1.16 bits per heavy atom. The van der Waals surface area contributed by atoms with Crippen LogP contribution < -0.4 is 15.8 Å². The zero-order valence-electron chi connectivity index (χ0n) is 16.2. The topological polar surface area (TPSA) is 108 Å². The molecule has 0 fully saturated rings. The van der Waals surface area contributed by atoms with Crippen LogP contribution in [0.5, 0.6) is 5.75 Å². The van der Waals surface area contributed by atoms with E-state index in [0.29, 0.717) is 31.4 Å². The van der Waals surface area contributed by atoms with E-state index in [9.17, 15) is 14.4 Å². The number of methoxy groups -OCH3 is 1. The maximum atomic E-state index is 12.5. The van der Waals surface area contributed by atoms with E-state index < -0.39 is 24.4 Å². The lowest BCUT2D eigenvalue weighted by molar-refractivity contribution is -0.119. The number of rotatable bonds is 6. The Morgan fingerprint density at radius 3 is 2.65 bits per heavy atom. The number of thiophene rings is 2. The molecule has 4 rings (SSSR count). The maximum absolute atomic E-state index is 12.5. The number of carbonyl (C=O) groups excluding carboxylic acids is 3. The van der Waals surface area contributed by atoms with Crippen molar-refractivity contribution in [2.75, 3.05) is 19.0 Å². The summed E-state index contributed by atoms with van der Waals surface area (Å²) in [7, 11) is 1.49. The standard InChI is InChI=1S/C20H16Cl2N2O5S2/c1-28-10-6-5-9-14(21)17(31-16(9)15(10)22)20(27)29-7-12(25)24-19-13(18(23)26)8-3-2-4-11(8)30-19/h5-6H,2-4,7H2,1H3,(H2,23,26)(H,24,25). The zero-order chi connectivity index (χ0) is 22.3. The number of aryl methyl sites for hydroxylation is 1. The summed E-state index contributed by atoms with van der Waals surface area (Å²) in [5, 5.41) is 4.14. The lowest BCUT2D eigenvalue weighted by atomic mass is 10.1. The third kappa shape index (κ3) is 3.98. The van der Waals surface area contributed by atoms with Crippen molar-refractivity contribution in [2.45, 2.75) is 19.3 Å². The molecule has 162 valence electrons. The largest absolute Gasteiger partial charge is 0.495 e. The molecule has 7 nitrogen and oxygen atoms in total. The van der Waals surface area contributed by atoms with Gasteiger partial charge in [-0.1, -0.05) is 23.2 Å². The fourth-order valence-electron chi connectivity index (χ4n) is 3.48. The minimum atomic E-state index is -0.750. The van der Waals surface area contributed by atoms with Crippen molar-refractivity contribution < 1.29 is 23.9 Å². The summed E-state index contributed by atoms with van der Waals surface area (Å²) in [6.45, 7) is -0.540. The first-order chi connectivity index (χ1) is 14.8. The van der Waals surface area contributed by atoms with Crippen molar-refractivity contribution in [2.24, 2.45) is 5.73 Å². The first-order valence-corrected chi connectivity index (χ1v) is 11.6. The Balaban J connectivity index is 1.47. The van der Waals surface area contributed by atoms with E-state index in [1.807, 2.05) is 0 Å². The third-order valence-electron chi connectivity index (χ3n) is 4.86. The average molecular weight is 499 g/mol. The number of primary amides is 1. The van der Waals surface area contributed by atoms with Gasteiger partial charge in [0, 0.05) is 10.3 Å². The predicted molar refractivity (Wildman–Crippen MR) is 122 cm³/mol. The van der Waals surface area contributed by atoms with E-state index in [0.717, 1.165) is 41.0 Å². The van der Waals surface area contributed by atoms with Gasteiger partial charge in [-0.3, -0.25) is 9.59 Å². The second-order valence-corrected chi connectivity index (χ2v) is 9.64. The number of esters is 1. The fraction of sp³-hybridized carbons (Fsp3) is 0.250. The number of amides is 2. The lowest BCUT2D eigenvalue weighted by Crippen LogP contribution is -2.22. The molecule has 1 aliphatic carbocycles. The van der Waals surface area contributed by atoms with Crippen LogP contribution in [0.2, 0.25) is 10.0 Å². The maximum Gasteiger partial charge on any atom is 0.350 e. The number of ether oxygens (including phenoxy) is 2. The van der Waals surface area contributed by atoms with E-state index in [-0.39, 0.29) is 9.90 Å². The first kappa shape index (κ1) is 21.9. The number of anilines is 1. The van der Waals surface area contributed by atoms with Gasteiger partial charge in [0.25, 0.3) is 11.8 Å². The molecule has 11 heteroatoms. The molecule has 0 spiro atoms. The van der Waals surface area contributed by atoms with Gasteiger partial charge in [0.2, 0.25) is 0 Å². The molecule has 1 aromatic carbocycles. The van der Waals surface area contributed by atoms with Crippen LogP contribution in [0, 0.1) is 0 Å². The van der Waals surface area contributed by atoms with Crippen molar-refractivity contribution in [1.29, 1.82) is 0 Å². The summed E-state index contributed by atoms with van der Waals surface area (Å²) in [5.74, 6) is -1.46. The molecule has 3 aromatic rings. The Labute approximate surface area is 195 Å². The quantitative estimate of drug-likeness (QED) is 0.480. The first-order valence-electron chi connectivity index (χ1n) is 9.17. The number of carbonyl (C=O) groups is 3. The molecule has 0 saturated carbocycles. The molecule has 2 heterocycles. The van der Waals surface area contributed by atoms with Crippen molar-refractivity contribution in [3.63, 3.8) is 0 Å². The Bertz CT molecular complexity index is 1230. The molecule has 2 aromatic heterocycles. The summed E-state index contributed by atoms with van der Waals surface area (Å²) in [5.41, 5.74) is 6.73. The summed E-state index contributed by atoms with van der Waals surface area (Å²) in [6.07, 6.45) is 2.56. The molecule has 31 heavy (non-hydrogen) atoms. The van der Waals surface area contributed by atoms with Crippen molar-refractivity contribution in [3.8, 4) is 5.75 Å². The molecule has 0 aliphatic heterocycles. The predicted octanol–water partition coefficient (Wildman–Crippen LogP) is 4.66. The lowest BCUT2D eigenvalue weighted by Gasteiger charge is -2.07. The minimum Gasteiger partial charge on any atom is -0.495 e. The number of benzene rings is 1. The molecule has 0 saturated heterocycles. The number of fused-ring (bicyclic) bond motifs is 2. The van der Waals surface area contributed by atoms with Crippen LogP contribution in [0.25, 0.3) is 10.1 Å². The molecule has 0 radical (unpaired) electrons. The molecule has 0 atom stereocenters. The van der Waals surface area contributed by atoms with Gasteiger partial charge in [0.1, 0.15) is 20.7 Å². The summed E-state index contributed by atoms with van der Waals surface area (Å²) in [6, 6.07) is 3.35. The summed E-state index contributed by atoms with van der Waals surface area (Å²) >= 11 is 15.0. The summed E-state index contributed by atoms with van der Waals surface area (Å²) < 4.78 is 10.9. The second kappa shape index (κ2) is 8.66. The van der Waals surface area contributed by atoms with Crippen molar-refractivity contribution in [3.05, 3.63) is 43.1 Å². The number of nitrogens with two attached hydrogens (primary N) is 1. The van der Waals surface area contributed by atoms with Crippen LogP contribution in [0.4, 0.5) is 5.00 Å². The fourth-order valence-corrected chi connectivity index (χ4v) is 6.57. The number of hydrogen-bond donors (Lipinski definition) is 2. The Morgan fingerprint density at radius 2 is 1.94 bits per heavy atom. The van der Waals surface area contributed by atoms with E-state index in [1.54, 1.807) is 12.1 Å². The normalized spacial score (nSPS) is 12.6. The van der Waals surface area contributed by atoms with Crippen LogP contribution in [-0.4, -0.2) is 31.5 Å².